The van der Waals surface area contributed by atoms with Crippen LogP contribution in [0, 0.1) is 0 Å². The molecule has 4 aromatic rings. The second-order valence-electron chi connectivity index (χ2n) is 6.31. The summed E-state index contributed by atoms with van der Waals surface area (Å²) in [6.07, 6.45) is 0. The minimum Gasteiger partial charge on any atom is -0.490 e. The van der Waals surface area contributed by atoms with E-state index in [1.54, 1.807) is 11.3 Å². The van der Waals surface area contributed by atoms with E-state index in [0.717, 1.165) is 40.6 Å². The Balaban J connectivity index is 1.53. The van der Waals surface area contributed by atoms with Crippen molar-refractivity contribution in [3.05, 3.63) is 71.6 Å². The second-order valence-corrected chi connectivity index (χ2v) is 7.23. The lowest BCUT2D eigenvalue weighted by Crippen LogP contribution is -2.30. The van der Waals surface area contributed by atoms with Gasteiger partial charge in [-0.05, 0) is 29.1 Å². The van der Waals surface area contributed by atoms with Crippen LogP contribution < -0.4 is 15.0 Å². The van der Waals surface area contributed by atoms with Gasteiger partial charge in [0.25, 0.3) is 0 Å². The van der Waals surface area contributed by atoms with Gasteiger partial charge in [0, 0.05) is 6.54 Å². The van der Waals surface area contributed by atoms with E-state index >= 15 is 0 Å². The van der Waals surface area contributed by atoms with E-state index < -0.39 is 0 Å². The standard InChI is InChI=1S/C21H18N4OS/c1-2-6-15(7-3-1)14-22-20-19-16(10-13-27-19)23-21(24-20)25-11-12-26-18-9-5-4-8-17(18)25/h1-10,13H,11-12,14H2,(H,22,23,24). The SMILES string of the molecule is c1ccc(CNc2nc(N3CCOc4ccccc43)nc3ccsc23)cc1. The van der Waals surface area contributed by atoms with Gasteiger partial charge in [0.05, 0.1) is 22.4 Å². The Kier molecular flexibility index (Phi) is 4.10. The highest BCUT2D eigenvalue weighted by atomic mass is 32.1. The van der Waals surface area contributed by atoms with Crippen molar-refractivity contribution in [2.24, 2.45) is 0 Å². The van der Waals surface area contributed by atoms with Crippen LogP contribution in [-0.4, -0.2) is 23.1 Å². The third-order valence-electron chi connectivity index (χ3n) is 4.56. The Bertz CT molecular complexity index is 1080. The smallest absolute Gasteiger partial charge is 0.232 e. The first-order valence-electron chi connectivity index (χ1n) is 8.91. The zero-order valence-corrected chi connectivity index (χ0v) is 15.4. The molecule has 0 aliphatic carbocycles. The van der Waals surface area contributed by atoms with Crippen LogP contribution in [-0.2, 0) is 6.54 Å². The summed E-state index contributed by atoms with van der Waals surface area (Å²) in [6, 6.07) is 20.4. The van der Waals surface area contributed by atoms with Gasteiger partial charge in [-0.15, -0.1) is 11.3 Å². The molecule has 2 aromatic carbocycles. The molecular formula is C21H18N4OS. The molecule has 1 N–H and O–H groups in total. The Labute approximate surface area is 161 Å². The summed E-state index contributed by atoms with van der Waals surface area (Å²) in [6.45, 7) is 2.07. The highest BCUT2D eigenvalue weighted by Gasteiger charge is 2.22. The molecule has 0 bridgehead atoms. The van der Waals surface area contributed by atoms with Crippen LogP contribution in [0.1, 0.15) is 5.56 Å². The zero-order chi connectivity index (χ0) is 18.1. The van der Waals surface area contributed by atoms with Gasteiger partial charge in [0.15, 0.2) is 0 Å². The van der Waals surface area contributed by atoms with Crippen LogP contribution >= 0.6 is 11.3 Å². The molecule has 134 valence electrons. The molecule has 0 amide bonds. The fourth-order valence-electron chi connectivity index (χ4n) is 3.25. The molecule has 5 rings (SSSR count). The van der Waals surface area contributed by atoms with E-state index in [4.69, 9.17) is 14.7 Å². The molecule has 2 aromatic heterocycles. The number of ether oxygens (including phenoxy) is 1. The average molecular weight is 374 g/mol. The predicted octanol–water partition coefficient (Wildman–Crippen LogP) is 4.83. The number of para-hydroxylation sites is 2. The Hall–Kier alpha value is -3.12. The Morgan fingerprint density at radius 1 is 1.00 bits per heavy atom. The van der Waals surface area contributed by atoms with Crippen molar-refractivity contribution in [2.75, 3.05) is 23.4 Å². The second kappa shape index (κ2) is 6.89. The number of rotatable bonds is 4. The summed E-state index contributed by atoms with van der Waals surface area (Å²) in [5.41, 5.74) is 3.19. The minimum absolute atomic E-state index is 0.620. The average Bonchev–Trinajstić information content (AvgIpc) is 3.21. The van der Waals surface area contributed by atoms with E-state index in [1.165, 1.54) is 5.56 Å². The fraction of sp³-hybridized carbons (Fsp3) is 0.143. The van der Waals surface area contributed by atoms with Crippen molar-refractivity contribution in [2.45, 2.75) is 6.54 Å². The summed E-state index contributed by atoms with van der Waals surface area (Å²) < 4.78 is 6.85. The van der Waals surface area contributed by atoms with Gasteiger partial charge in [-0.3, -0.25) is 0 Å². The quantitative estimate of drug-likeness (QED) is 0.554. The van der Waals surface area contributed by atoms with Gasteiger partial charge < -0.3 is 15.0 Å². The van der Waals surface area contributed by atoms with Crippen LogP contribution in [0.3, 0.4) is 0 Å². The van der Waals surface area contributed by atoms with Gasteiger partial charge >= 0.3 is 0 Å². The molecule has 0 saturated carbocycles. The van der Waals surface area contributed by atoms with Crippen LogP contribution in [0.2, 0.25) is 0 Å². The van der Waals surface area contributed by atoms with Gasteiger partial charge in [-0.25, -0.2) is 4.98 Å². The maximum Gasteiger partial charge on any atom is 0.232 e. The molecule has 0 saturated heterocycles. The molecule has 6 heteroatoms. The Morgan fingerprint density at radius 2 is 1.85 bits per heavy atom. The lowest BCUT2D eigenvalue weighted by molar-refractivity contribution is 0.313. The van der Waals surface area contributed by atoms with Crippen molar-refractivity contribution >= 4 is 39.0 Å². The number of hydrogen-bond acceptors (Lipinski definition) is 6. The molecule has 0 atom stereocenters. The lowest BCUT2D eigenvalue weighted by atomic mass is 10.2. The number of benzene rings is 2. The number of anilines is 3. The molecule has 0 spiro atoms. The number of nitrogens with one attached hydrogen (secondary N) is 1. The van der Waals surface area contributed by atoms with Crippen LogP contribution in [0.15, 0.2) is 66.0 Å². The number of aromatic nitrogens is 2. The molecule has 0 unspecified atom stereocenters. The summed E-state index contributed by atoms with van der Waals surface area (Å²) in [5.74, 6) is 2.45. The molecule has 5 nitrogen and oxygen atoms in total. The third kappa shape index (κ3) is 3.08. The monoisotopic (exact) mass is 374 g/mol. The highest BCUT2D eigenvalue weighted by molar-refractivity contribution is 7.17. The summed E-state index contributed by atoms with van der Waals surface area (Å²) >= 11 is 1.66. The fourth-order valence-corrected chi connectivity index (χ4v) is 4.05. The largest absolute Gasteiger partial charge is 0.490 e. The van der Waals surface area contributed by atoms with Crippen molar-refractivity contribution in [1.29, 1.82) is 0 Å². The van der Waals surface area contributed by atoms with E-state index in [-0.39, 0.29) is 0 Å². The van der Waals surface area contributed by atoms with E-state index in [9.17, 15) is 0 Å². The molecule has 3 heterocycles. The number of thiophene rings is 1. The molecular weight excluding hydrogens is 356 g/mol. The topological polar surface area (TPSA) is 50.3 Å². The maximum atomic E-state index is 5.77. The number of fused-ring (bicyclic) bond motifs is 2. The molecule has 1 aliphatic rings. The zero-order valence-electron chi connectivity index (χ0n) is 14.6. The van der Waals surface area contributed by atoms with Crippen LogP contribution in [0.5, 0.6) is 5.75 Å². The van der Waals surface area contributed by atoms with Gasteiger partial charge in [-0.1, -0.05) is 42.5 Å². The summed E-state index contributed by atoms with van der Waals surface area (Å²) in [5, 5.41) is 5.55. The third-order valence-corrected chi connectivity index (χ3v) is 5.47. The van der Waals surface area contributed by atoms with E-state index in [1.807, 2.05) is 48.5 Å². The number of nitrogens with zero attached hydrogens (tertiary/aromatic N) is 3. The van der Waals surface area contributed by atoms with Crippen LogP contribution in [0.4, 0.5) is 17.5 Å². The lowest BCUT2D eigenvalue weighted by Gasteiger charge is -2.29. The first-order valence-corrected chi connectivity index (χ1v) is 9.79. The first-order chi connectivity index (χ1) is 13.4. The normalized spacial score (nSPS) is 13.3. The Morgan fingerprint density at radius 3 is 2.78 bits per heavy atom. The van der Waals surface area contributed by atoms with Crippen molar-refractivity contribution in [3.63, 3.8) is 0 Å². The number of hydrogen-bond donors (Lipinski definition) is 1. The highest BCUT2D eigenvalue weighted by Crippen LogP contribution is 2.37. The first kappa shape index (κ1) is 16.1. The van der Waals surface area contributed by atoms with Gasteiger partial charge in [-0.2, -0.15) is 4.98 Å². The van der Waals surface area contributed by atoms with Gasteiger partial charge in [0.2, 0.25) is 5.95 Å². The van der Waals surface area contributed by atoms with Crippen molar-refractivity contribution in [1.82, 2.24) is 9.97 Å². The van der Waals surface area contributed by atoms with Crippen LogP contribution in [0.25, 0.3) is 10.2 Å². The molecule has 0 fully saturated rings. The summed E-state index contributed by atoms with van der Waals surface area (Å²) in [4.78, 5) is 11.8. The van der Waals surface area contributed by atoms with E-state index in [0.29, 0.717) is 12.6 Å². The molecule has 0 radical (unpaired) electrons. The molecule has 27 heavy (non-hydrogen) atoms. The van der Waals surface area contributed by atoms with Crippen molar-refractivity contribution in [3.8, 4) is 5.75 Å². The molecule has 1 aliphatic heterocycles. The van der Waals surface area contributed by atoms with E-state index in [2.05, 4.69) is 27.7 Å². The van der Waals surface area contributed by atoms with Crippen molar-refractivity contribution < 1.29 is 4.74 Å². The predicted molar refractivity (Wildman–Crippen MR) is 110 cm³/mol. The minimum atomic E-state index is 0.620. The van der Waals surface area contributed by atoms with Gasteiger partial charge in [0.1, 0.15) is 18.2 Å². The summed E-state index contributed by atoms with van der Waals surface area (Å²) in [7, 11) is 0. The maximum absolute atomic E-state index is 5.77.